The van der Waals surface area contributed by atoms with Crippen molar-refractivity contribution < 1.29 is 43.5 Å². The fraction of sp³-hybridized carbons (Fsp3) is 0.700. The maximum absolute atomic E-state index is 11.2. The van der Waals surface area contributed by atoms with Crippen molar-refractivity contribution in [2.45, 2.75) is 45.5 Å². The first-order chi connectivity index (χ1) is 13.9. The standard InChI is InChI=1S/C20H34O9/c1-4-7-19(23)28-13-16(21)11-25-9-10-26-15-18(6-3)27-12-17(22)14-29-20(24)8-5-2/h4-5,7-8,16-18,21-22H,6,9-15H2,1-3H3. The lowest BCUT2D eigenvalue weighted by Crippen LogP contribution is -2.29. The third-order valence-electron chi connectivity index (χ3n) is 3.41. The first-order valence-corrected chi connectivity index (χ1v) is 9.64. The molecule has 168 valence electrons. The van der Waals surface area contributed by atoms with Gasteiger partial charge in [-0.2, -0.15) is 0 Å². The van der Waals surface area contributed by atoms with Crippen molar-refractivity contribution in [1.29, 1.82) is 0 Å². The summed E-state index contributed by atoms with van der Waals surface area (Å²) in [7, 11) is 0. The molecule has 0 heterocycles. The molecule has 3 atom stereocenters. The number of hydrogen-bond acceptors (Lipinski definition) is 9. The number of aliphatic hydroxyl groups is 2. The normalized spacial score (nSPS) is 14.8. The number of aliphatic hydroxyl groups excluding tert-OH is 2. The van der Waals surface area contributed by atoms with Gasteiger partial charge in [0.15, 0.2) is 0 Å². The highest BCUT2D eigenvalue weighted by molar-refractivity contribution is 5.82. The Labute approximate surface area is 172 Å². The van der Waals surface area contributed by atoms with E-state index in [1.54, 1.807) is 26.0 Å². The molecule has 9 heteroatoms. The van der Waals surface area contributed by atoms with Crippen LogP contribution in [0.3, 0.4) is 0 Å². The molecule has 0 bridgehead atoms. The highest BCUT2D eigenvalue weighted by Gasteiger charge is 2.13. The molecule has 0 aliphatic rings. The molecule has 0 aromatic carbocycles. The van der Waals surface area contributed by atoms with Crippen LogP contribution in [-0.2, 0) is 33.3 Å². The van der Waals surface area contributed by atoms with Crippen LogP contribution in [0, 0.1) is 0 Å². The van der Waals surface area contributed by atoms with Crippen molar-refractivity contribution >= 4 is 11.9 Å². The maximum Gasteiger partial charge on any atom is 0.330 e. The number of rotatable bonds is 17. The second kappa shape index (κ2) is 18.3. The molecule has 0 amide bonds. The fourth-order valence-electron chi connectivity index (χ4n) is 1.90. The van der Waals surface area contributed by atoms with E-state index < -0.39 is 24.1 Å². The molecule has 9 nitrogen and oxygen atoms in total. The van der Waals surface area contributed by atoms with Gasteiger partial charge in [-0.1, -0.05) is 19.1 Å². The van der Waals surface area contributed by atoms with Crippen molar-refractivity contribution in [3.05, 3.63) is 24.3 Å². The number of esters is 2. The van der Waals surface area contributed by atoms with Gasteiger partial charge in [0.1, 0.15) is 25.4 Å². The van der Waals surface area contributed by atoms with Gasteiger partial charge in [0.05, 0.1) is 39.1 Å². The Hall–Kier alpha value is -1.78. The number of allylic oxidation sites excluding steroid dienone is 2. The van der Waals surface area contributed by atoms with Gasteiger partial charge in [-0.3, -0.25) is 0 Å². The summed E-state index contributed by atoms with van der Waals surface area (Å²) in [4.78, 5) is 22.3. The summed E-state index contributed by atoms with van der Waals surface area (Å²) in [6.07, 6.45) is 4.30. The lowest BCUT2D eigenvalue weighted by Gasteiger charge is -2.19. The average Bonchev–Trinajstić information content (AvgIpc) is 2.70. The molecule has 0 aliphatic heterocycles. The molecule has 0 saturated heterocycles. The van der Waals surface area contributed by atoms with Crippen LogP contribution < -0.4 is 0 Å². The van der Waals surface area contributed by atoms with Gasteiger partial charge < -0.3 is 33.9 Å². The minimum absolute atomic E-state index is 0.0261. The predicted molar refractivity (Wildman–Crippen MR) is 105 cm³/mol. The van der Waals surface area contributed by atoms with Crippen LogP contribution in [0.1, 0.15) is 27.2 Å². The highest BCUT2D eigenvalue weighted by atomic mass is 16.6. The van der Waals surface area contributed by atoms with Crippen molar-refractivity contribution in [2.24, 2.45) is 0 Å². The topological polar surface area (TPSA) is 121 Å². The molecule has 0 aromatic rings. The molecule has 0 rings (SSSR count). The van der Waals surface area contributed by atoms with Crippen LogP contribution in [0.4, 0.5) is 0 Å². The Balaban J connectivity index is 3.74. The van der Waals surface area contributed by atoms with Crippen LogP contribution in [0.2, 0.25) is 0 Å². The molecule has 0 saturated carbocycles. The van der Waals surface area contributed by atoms with E-state index in [0.29, 0.717) is 19.6 Å². The zero-order valence-corrected chi connectivity index (χ0v) is 17.5. The van der Waals surface area contributed by atoms with Crippen LogP contribution in [0.25, 0.3) is 0 Å². The Morgan fingerprint density at radius 3 is 1.76 bits per heavy atom. The quantitative estimate of drug-likeness (QED) is 0.200. The average molecular weight is 418 g/mol. The van der Waals surface area contributed by atoms with E-state index in [4.69, 9.17) is 23.7 Å². The Bertz CT molecular complexity index is 490. The van der Waals surface area contributed by atoms with E-state index in [9.17, 15) is 19.8 Å². The summed E-state index contributed by atoms with van der Waals surface area (Å²) >= 11 is 0. The molecule has 29 heavy (non-hydrogen) atoms. The van der Waals surface area contributed by atoms with Crippen LogP contribution in [-0.4, -0.2) is 86.7 Å². The number of carbonyl (C=O) groups excluding carboxylic acids is 2. The third kappa shape index (κ3) is 16.8. The zero-order chi connectivity index (χ0) is 21.9. The van der Waals surface area contributed by atoms with E-state index in [1.165, 1.54) is 12.2 Å². The van der Waals surface area contributed by atoms with Crippen molar-refractivity contribution in [3.63, 3.8) is 0 Å². The molecule has 0 radical (unpaired) electrons. The first kappa shape index (κ1) is 27.2. The summed E-state index contributed by atoms with van der Waals surface area (Å²) in [6.45, 7) is 5.97. The summed E-state index contributed by atoms with van der Waals surface area (Å²) < 4.78 is 25.9. The van der Waals surface area contributed by atoms with Crippen LogP contribution >= 0.6 is 0 Å². The van der Waals surface area contributed by atoms with Crippen molar-refractivity contribution in [1.82, 2.24) is 0 Å². The van der Waals surface area contributed by atoms with E-state index >= 15 is 0 Å². The second-order valence-electron chi connectivity index (χ2n) is 6.08. The molecule has 0 aromatic heterocycles. The molecular formula is C20H34O9. The summed E-state index contributed by atoms with van der Waals surface area (Å²) in [6, 6.07) is 0. The summed E-state index contributed by atoms with van der Waals surface area (Å²) in [5.41, 5.74) is 0. The second-order valence-corrected chi connectivity index (χ2v) is 6.08. The van der Waals surface area contributed by atoms with Gasteiger partial charge in [0, 0.05) is 12.2 Å². The minimum Gasteiger partial charge on any atom is -0.460 e. The molecule has 3 unspecified atom stereocenters. The highest BCUT2D eigenvalue weighted by Crippen LogP contribution is 2.01. The Kier molecular flexibility index (Phi) is 17.1. The SMILES string of the molecule is CC=CC(=O)OCC(O)COCCOCC(CC)OCC(O)COC(=O)C=CC. The minimum atomic E-state index is -0.912. The predicted octanol–water partition coefficient (Wildman–Crippen LogP) is 0.775. The Morgan fingerprint density at radius 1 is 0.793 bits per heavy atom. The molecular weight excluding hydrogens is 384 g/mol. The lowest BCUT2D eigenvalue weighted by atomic mass is 10.3. The zero-order valence-electron chi connectivity index (χ0n) is 17.5. The van der Waals surface area contributed by atoms with Gasteiger partial charge in [-0.05, 0) is 20.3 Å². The van der Waals surface area contributed by atoms with Gasteiger partial charge >= 0.3 is 11.9 Å². The third-order valence-corrected chi connectivity index (χ3v) is 3.41. The van der Waals surface area contributed by atoms with Gasteiger partial charge in [0.2, 0.25) is 0 Å². The number of ether oxygens (including phenoxy) is 5. The fourth-order valence-corrected chi connectivity index (χ4v) is 1.90. The van der Waals surface area contributed by atoms with Crippen molar-refractivity contribution in [3.8, 4) is 0 Å². The molecule has 0 fully saturated rings. The summed E-state index contributed by atoms with van der Waals surface area (Å²) in [5, 5.41) is 19.4. The van der Waals surface area contributed by atoms with Crippen LogP contribution in [0.15, 0.2) is 24.3 Å². The summed E-state index contributed by atoms with van der Waals surface area (Å²) in [5.74, 6) is -1.02. The van der Waals surface area contributed by atoms with Gasteiger partial charge in [-0.25, -0.2) is 9.59 Å². The Morgan fingerprint density at radius 2 is 1.28 bits per heavy atom. The van der Waals surface area contributed by atoms with Gasteiger partial charge in [0.25, 0.3) is 0 Å². The molecule has 0 spiro atoms. The molecule has 2 N–H and O–H groups in total. The first-order valence-electron chi connectivity index (χ1n) is 9.64. The van der Waals surface area contributed by atoms with E-state index in [-0.39, 0.29) is 39.1 Å². The largest absolute Gasteiger partial charge is 0.460 e. The van der Waals surface area contributed by atoms with E-state index in [2.05, 4.69) is 0 Å². The van der Waals surface area contributed by atoms with E-state index in [0.717, 1.165) is 0 Å². The van der Waals surface area contributed by atoms with Crippen LogP contribution in [0.5, 0.6) is 0 Å². The molecule has 0 aliphatic carbocycles. The van der Waals surface area contributed by atoms with E-state index in [1.807, 2.05) is 6.92 Å². The van der Waals surface area contributed by atoms with Gasteiger partial charge in [-0.15, -0.1) is 0 Å². The van der Waals surface area contributed by atoms with Crippen molar-refractivity contribution in [2.75, 3.05) is 46.2 Å². The number of hydrogen-bond donors (Lipinski definition) is 2. The maximum atomic E-state index is 11.2. The lowest BCUT2D eigenvalue weighted by molar-refractivity contribution is -0.143. The monoisotopic (exact) mass is 418 g/mol. The smallest absolute Gasteiger partial charge is 0.330 e. The number of carbonyl (C=O) groups is 2.